The predicted molar refractivity (Wildman–Crippen MR) is 90.2 cm³/mol. The number of nitrogens with one attached hydrogen (secondary N) is 2. The van der Waals surface area contributed by atoms with Gasteiger partial charge in [0.2, 0.25) is 0 Å². The number of benzene rings is 2. The van der Waals surface area contributed by atoms with E-state index in [0.717, 1.165) is 17.4 Å². The summed E-state index contributed by atoms with van der Waals surface area (Å²) >= 11 is 3.33. The summed E-state index contributed by atoms with van der Waals surface area (Å²) in [5.41, 5.74) is 1.14. The fraction of sp³-hybridized carbons (Fsp3) is 0.200. The molecule has 0 unspecified atom stereocenters. The van der Waals surface area contributed by atoms with Crippen LogP contribution in [-0.2, 0) is 10.0 Å². The fourth-order valence-electron chi connectivity index (χ4n) is 1.87. The van der Waals surface area contributed by atoms with Crippen LogP contribution in [0.4, 0.5) is 11.4 Å². The van der Waals surface area contributed by atoms with E-state index < -0.39 is 10.0 Å². The molecular weight excluding hydrogens is 352 g/mol. The lowest BCUT2D eigenvalue weighted by Gasteiger charge is -2.13. The molecule has 112 valence electrons. The lowest BCUT2D eigenvalue weighted by molar-refractivity contribution is 0.601. The van der Waals surface area contributed by atoms with Crippen molar-refractivity contribution >= 4 is 37.3 Å². The highest BCUT2D eigenvalue weighted by Gasteiger charge is 2.18. The van der Waals surface area contributed by atoms with E-state index in [-0.39, 0.29) is 4.90 Å². The zero-order valence-electron chi connectivity index (χ0n) is 11.6. The first kappa shape index (κ1) is 15.9. The molecule has 4 nitrogen and oxygen atoms in total. The van der Waals surface area contributed by atoms with Gasteiger partial charge in [-0.1, -0.05) is 41.1 Å². The van der Waals surface area contributed by atoms with Crippen molar-refractivity contribution < 1.29 is 8.42 Å². The van der Waals surface area contributed by atoms with Crippen LogP contribution in [0.5, 0.6) is 0 Å². The largest absolute Gasteiger partial charge is 0.384 e. The van der Waals surface area contributed by atoms with Gasteiger partial charge in [0.25, 0.3) is 10.0 Å². The molecule has 0 heterocycles. The number of hydrogen-bond donors (Lipinski definition) is 2. The number of hydrogen-bond acceptors (Lipinski definition) is 3. The van der Waals surface area contributed by atoms with Crippen LogP contribution in [0, 0.1) is 0 Å². The van der Waals surface area contributed by atoms with E-state index in [1.807, 2.05) is 19.1 Å². The molecule has 2 N–H and O–H groups in total. The zero-order chi connectivity index (χ0) is 15.3. The Morgan fingerprint density at radius 3 is 2.57 bits per heavy atom. The third-order valence-electron chi connectivity index (χ3n) is 2.82. The van der Waals surface area contributed by atoms with Crippen LogP contribution < -0.4 is 10.0 Å². The minimum absolute atomic E-state index is 0.249. The molecular formula is C15H17BrN2O2S. The summed E-state index contributed by atoms with van der Waals surface area (Å²) in [4.78, 5) is 0.249. The van der Waals surface area contributed by atoms with Crippen molar-refractivity contribution in [3.8, 4) is 0 Å². The lowest BCUT2D eigenvalue weighted by Crippen LogP contribution is -2.15. The van der Waals surface area contributed by atoms with Crippen molar-refractivity contribution in [3.05, 3.63) is 53.0 Å². The number of para-hydroxylation sites is 1. The van der Waals surface area contributed by atoms with Crippen LogP contribution in [0.3, 0.4) is 0 Å². The van der Waals surface area contributed by atoms with Gasteiger partial charge >= 0.3 is 0 Å². The van der Waals surface area contributed by atoms with Gasteiger partial charge in [-0.25, -0.2) is 8.42 Å². The molecule has 0 aliphatic heterocycles. The monoisotopic (exact) mass is 368 g/mol. The Bertz CT molecular complexity index is 717. The quantitative estimate of drug-likeness (QED) is 0.807. The zero-order valence-corrected chi connectivity index (χ0v) is 14.0. The van der Waals surface area contributed by atoms with Crippen molar-refractivity contribution in [3.63, 3.8) is 0 Å². The van der Waals surface area contributed by atoms with Crippen LogP contribution >= 0.6 is 15.9 Å². The Balaban J connectivity index is 2.31. The first-order chi connectivity index (χ1) is 10.0. The van der Waals surface area contributed by atoms with E-state index in [1.54, 1.807) is 36.4 Å². The molecule has 0 spiro atoms. The van der Waals surface area contributed by atoms with Crippen LogP contribution in [0.25, 0.3) is 0 Å². The lowest BCUT2D eigenvalue weighted by atomic mass is 10.3. The molecule has 0 atom stereocenters. The second-order valence-corrected chi connectivity index (χ2v) is 7.11. The Labute approximate surface area is 133 Å². The van der Waals surface area contributed by atoms with Gasteiger partial charge in [0.15, 0.2) is 0 Å². The van der Waals surface area contributed by atoms with Crippen LogP contribution in [0.15, 0.2) is 57.9 Å². The summed E-state index contributed by atoms with van der Waals surface area (Å²) in [7, 11) is -3.62. The fourth-order valence-corrected chi connectivity index (χ4v) is 3.50. The second kappa shape index (κ2) is 6.95. The Morgan fingerprint density at radius 1 is 1.10 bits per heavy atom. The molecule has 2 aromatic rings. The average Bonchev–Trinajstić information content (AvgIpc) is 2.45. The van der Waals surface area contributed by atoms with Gasteiger partial charge in [-0.05, 0) is 36.8 Å². The topological polar surface area (TPSA) is 58.2 Å². The van der Waals surface area contributed by atoms with E-state index in [4.69, 9.17) is 0 Å². The summed E-state index contributed by atoms with van der Waals surface area (Å²) < 4.78 is 28.5. The van der Waals surface area contributed by atoms with Crippen molar-refractivity contribution in [2.45, 2.75) is 18.2 Å². The Morgan fingerprint density at radius 2 is 1.86 bits per heavy atom. The smallest absolute Gasteiger partial charge is 0.263 e. The molecule has 0 fully saturated rings. The van der Waals surface area contributed by atoms with Crippen LogP contribution in [0.2, 0.25) is 0 Å². The molecule has 0 aliphatic carbocycles. The average molecular weight is 369 g/mol. The molecule has 2 aromatic carbocycles. The molecule has 0 saturated heterocycles. The van der Waals surface area contributed by atoms with E-state index in [2.05, 4.69) is 26.0 Å². The summed E-state index contributed by atoms with van der Waals surface area (Å²) in [6.45, 7) is 2.76. The molecule has 0 radical (unpaired) electrons. The van der Waals surface area contributed by atoms with Gasteiger partial charge in [0, 0.05) is 16.7 Å². The van der Waals surface area contributed by atoms with E-state index in [9.17, 15) is 8.42 Å². The molecule has 6 heteroatoms. The SMILES string of the molecule is CCCNc1ccccc1S(=O)(=O)Nc1cccc(Br)c1. The standard InChI is InChI=1S/C15H17BrN2O2S/c1-2-10-17-14-8-3-4-9-15(14)21(19,20)18-13-7-5-6-12(16)11-13/h3-9,11,17-18H,2,10H2,1H3. The van der Waals surface area contributed by atoms with Gasteiger partial charge in [0.05, 0.1) is 5.69 Å². The minimum atomic E-state index is -3.62. The predicted octanol–water partition coefficient (Wildman–Crippen LogP) is 4.07. The molecule has 0 bridgehead atoms. The molecule has 0 aromatic heterocycles. The third-order valence-corrected chi connectivity index (χ3v) is 4.75. The summed E-state index contributed by atoms with van der Waals surface area (Å²) in [5, 5.41) is 3.14. The number of sulfonamides is 1. The molecule has 21 heavy (non-hydrogen) atoms. The summed E-state index contributed by atoms with van der Waals surface area (Å²) in [5.74, 6) is 0. The Kier molecular flexibility index (Phi) is 5.25. The van der Waals surface area contributed by atoms with Crippen molar-refractivity contribution in [1.29, 1.82) is 0 Å². The number of anilines is 2. The van der Waals surface area contributed by atoms with Gasteiger partial charge in [0.1, 0.15) is 4.90 Å². The highest BCUT2D eigenvalue weighted by atomic mass is 79.9. The molecule has 0 saturated carbocycles. The van der Waals surface area contributed by atoms with Crippen molar-refractivity contribution in [2.24, 2.45) is 0 Å². The summed E-state index contributed by atoms with van der Waals surface area (Å²) in [6.07, 6.45) is 0.924. The molecule has 2 rings (SSSR count). The van der Waals surface area contributed by atoms with Crippen LogP contribution in [0.1, 0.15) is 13.3 Å². The second-order valence-electron chi connectivity index (χ2n) is 4.54. The molecule has 0 amide bonds. The van der Waals surface area contributed by atoms with E-state index in [0.29, 0.717) is 11.4 Å². The van der Waals surface area contributed by atoms with Gasteiger partial charge < -0.3 is 5.32 Å². The highest BCUT2D eigenvalue weighted by molar-refractivity contribution is 9.10. The van der Waals surface area contributed by atoms with Crippen LogP contribution in [-0.4, -0.2) is 15.0 Å². The highest BCUT2D eigenvalue weighted by Crippen LogP contribution is 2.24. The first-order valence-electron chi connectivity index (χ1n) is 6.64. The number of halogens is 1. The maximum Gasteiger partial charge on any atom is 0.263 e. The van der Waals surface area contributed by atoms with E-state index in [1.165, 1.54) is 0 Å². The van der Waals surface area contributed by atoms with E-state index >= 15 is 0 Å². The normalized spacial score (nSPS) is 11.1. The Hall–Kier alpha value is -1.53. The third kappa shape index (κ3) is 4.22. The minimum Gasteiger partial charge on any atom is -0.384 e. The van der Waals surface area contributed by atoms with Gasteiger partial charge in [-0.3, -0.25) is 4.72 Å². The summed E-state index contributed by atoms with van der Waals surface area (Å²) in [6, 6.07) is 14.0. The van der Waals surface area contributed by atoms with Crippen molar-refractivity contribution in [1.82, 2.24) is 0 Å². The maximum atomic E-state index is 12.5. The maximum absolute atomic E-state index is 12.5. The van der Waals surface area contributed by atoms with Gasteiger partial charge in [-0.15, -0.1) is 0 Å². The van der Waals surface area contributed by atoms with Crippen molar-refractivity contribution in [2.75, 3.05) is 16.6 Å². The molecule has 0 aliphatic rings. The first-order valence-corrected chi connectivity index (χ1v) is 8.92. The van der Waals surface area contributed by atoms with Gasteiger partial charge in [-0.2, -0.15) is 0 Å². The number of rotatable bonds is 6.